The van der Waals surface area contributed by atoms with Crippen LogP contribution in [0.1, 0.15) is 51.4 Å². The quantitative estimate of drug-likeness (QED) is 0.728. The lowest BCUT2D eigenvalue weighted by Crippen LogP contribution is -2.33. The summed E-state index contributed by atoms with van der Waals surface area (Å²) in [5.41, 5.74) is 0. The average Bonchev–Trinajstić information content (AvgIpc) is 2.53. The fourth-order valence-electron chi connectivity index (χ4n) is 4.05. The lowest BCUT2D eigenvalue weighted by Gasteiger charge is -2.32. The van der Waals surface area contributed by atoms with Crippen molar-refractivity contribution in [2.24, 2.45) is 11.8 Å². The predicted octanol–water partition coefficient (Wildman–Crippen LogP) is 3.35. The highest BCUT2D eigenvalue weighted by molar-refractivity contribution is 5.91. The third-order valence-electron chi connectivity index (χ3n) is 5.83. The van der Waals surface area contributed by atoms with Crippen molar-refractivity contribution in [2.75, 3.05) is 28.2 Å². The van der Waals surface area contributed by atoms with E-state index in [2.05, 4.69) is 44.1 Å². The highest BCUT2D eigenvalue weighted by Crippen LogP contribution is 2.29. The molecular weight excluding hydrogens is 272 g/mol. The molecule has 22 heavy (non-hydrogen) atoms. The molecule has 3 heteroatoms. The number of carbonyl (C=O) groups excluding carboxylic acids is 1. The van der Waals surface area contributed by atoms with Crippen molar-refractivity contribution in [1.29, 1.82) is 0 Å². The third kappa shape index (κ3) is 4.92. The van der Waals surface area contributed by atoms with Gasteiger partial charge in [-0.3, -0.25) is 4.79 Å². The van der Waals surface area contributed by atoms with Crippen LogP contribution in [0.3, 0.4) is 0 Å². The van der Waals surface area contributed by atoms with Gasteiger partial charge in [0.25, 0.3) is 0 Å². The molecule has 2 fully saturated rings. The summed E-state index contributed by atoms with van der Waals surface area (Å²) in [6, 6.07) is 1.41. The Kier molecular flexibility index (Phi) is 6.64. The van der Waals surface area contributed by atoms with Crippen LogP contribution in [0, 0.1) is 11.8 Å². The first-order chi connectivity index (χ1) is 10.5. The third-order valence-corrected chi connectivity index (χ3v) is 5.83. The maximum atomic E-state index is 12.4. The molecule has 0 bridgehead atoms. The Morgan fingerprint density at radius 2 is 1.23 bits per heavy atom. The second kappa shape index (κ2) is 8.26. The fourth-order valence-corrected chi connectivity index (χ4v) is 4.05. The van der Waals surface area contributed by atoms with Gasteiger partial charge in [-0.2, -0.15) is 0 Å². The van der Waals surface area contributed by atoms with Gasteiger partial charge in [-0.15, -0.1) is 0 Å². The minimum absolute atomic E-state index is 0.283. The zero-order valence-corrected chi connectivity index (χ0v) is 14.9. The number of hydrogen-bond donors (Lipinski definition) is 0. The van der Waals surface area contributed by atoms with Crippen LogP contribution in [0.4, 0.5) is 0 Å². The van der Waals surface area contributed by atoms with Gasteiger partial charge in [0.05, 0.1) is 0 Å². The number of hydrogen-bond acceptors (Lipinski definition) is 3. The largest absolute Gasteiger partial charge is 0.306 e. The standard InChI is InChI=1S/C19H34N2O/c1-20(2)17-10-5-15(6-11-17)7-14-19(22)16-8-12-18(13-9-16)21(3)4/h7,14-18H,5-6,8-13H2,1-4H3/b14-7+. The lowest BCUT2D eigenvalue weighted by atomic mass is 9.81. The first-order valence-corrected chi connectivity index (χ1v) is 9.02. The summed E-state index contributed by atoms with van der Waals surface area (Å²) in [5, 5.41) is 0. The van der Waals surface area contributed by atoms with Gasteiger partial charge in [0, 0.05) is 18.0 Å². The highest BCUT2D eigenvalue weighted by atomic mass is 16.1. The van der Waals surface area contributed by atoms with E-state index in [1.165, 1.54) is 38.5 Å². The van der Waals surface area contributed by atoms with Crippen molar-refractivity contribution in [2.45, 2.75) is 63.5 Å². The second-order valence-corrected chi connectivity index (χ2v) is 7.76. The number of nitrogens with zero attached hydrogens (tertiary/aromatic N) is 2. The van der Waals surface area contributed by atoms with Crippen molar-refractivity contribution in [1.82, 2.24) is 9.80 Å². The van der Waals surface area contributed by atoms with E-state index in [1.807, 2.05) is 6.08 Å². The molecule has 126 valence electrons. The zero-order valence-electron chi connectivity index (χ0n) is 14.9. The first-order valence-electron chi connectivity index (χ1n) is 9.02. The van der Waals surface area contributed by atoms with Crippen LogP contribution >= 0.6 is 0 Å². The molecule has 0 aromatic carbocycles. The maximum Gasteiger partial charge on any atom is 0.158 e. The normalized spacial score (nSPS) is 33.7. The van der Waals surface area contributed by atoms with E-state index >= 15 is 0 Å². The van der Waals surface area contributed by atoms with Crippen LogP contribution in [-0.2, 0) is 4.79 Å². The van der Waals surface area contributed by atoms with Crippen LogP contribution in [0.15, 0.2) is 12.2 Å². The van der Waals surface area contributed by atoms with Gasteiger partial charge in [-0.05, 0) is 91.6 Å². The Hall–Kier alpha value is -0.670. The minimum Gasteiger partial charge on any atom is -0.306 e. The molecule has 2 aliphatic rings. The van der Waals surface area contributed by atoms with Gasteiger partial charge in [-0.25, -0.2) is 0 Å². The van der Waals surface area contributed by atoms with Crippen molar-refractivity contribution in [3.63, 3.8) is 0 Å². The van der Waals surface area contributed by atoms with E-state index in [0.29, 0.717) is 17.7 Å². The van der Waals surface area contributed by atoms with Gasteiger partial charge in [0.1, 0.15) is 0 Å². The molecule has 0 radical (unpaired) electrons. The SMILES string of the molecule is CN(C)C1CCC(/C=C/C(=O)C2CCC(N(C)C)CC2)CC1. The summed E-state index contributed by atoms with van der Waals surface area (Å²) in [7, 11) is 8.65. The Balaban J connectivity index is 1.73. The molecule has 0 saturated heterocycles. The summed E-state index contributed by atoms with van der Waals surface area (Å²) in [4.78, 5) is 17.0. The summed E-state index contributed by atoms with van der Waals surface area (Å²) in [5.74, 6) is 1.29. The highest BCUT2D eigenvalue weighted by Gasteiger charge is 2.26. The molecule has 0 aromatic heterocycles. The number of carbonyl (C=O) groups is 1. The van der Waals surface area contributed by atoms with E-state index in [4.69, 9.17) is 0 Å². The van der Waals surface area contributed by atoms with Crippen LogP contribution in [0.25, 0.3) is 0 Å². The molecule has 0 unspecified atom stereocenters. The molecule has 0 aromatic rings. The van der Waals surface area contributed by atoms with Crippen molar-refractivity contribution < 1.29 is 4.79 Å². The Bertz CT molecular complexity index is 373. The molecule has 0 atom stereocenters. The minimum atomic E-state index is 0.283. The van der Waals surface area contributed by atoms with Crippen LogP contribution < -0.4 is 0 Å². The van der Waals surface area contributed by atoms with Gasteiger partial charge in [-0.1, -0.05) is 6.08 Å². The molecule has 0 N–H and O–H groups in total. The topological polar surface area (TPSA) is 23.6 Å². The summed E-state index contributed by atoms with van der Waals surface area (Å²) in [6.07, 6.45) is 13.6. The first kappa shape index (κ1) is 17.7. The number of allylic oxidation sites excluding steroid dienone is 2. The monoisotopic (exact) mass is 306 g/mol. The molecular formula is C19H34N2O. The molecule has 2 saturated carbocycles. The predicted molar refractivity (Wildman–Crippen MR) is 93.0 cm³/mol. The molecule has 2 rings (SSSR count). The van der Waals surface area contributed by atoms with Gasteiger partial charge in [0.2, 0.25) is 0 Å². The number of rotatable bonds is 5. The van der Waals surface area contributed by atoms with Crippen molar-refractivity contribution >= 4 is 5.78 Å². The molecule has 0 spiro atoms. The van der Waals surface area contributed by atoms with Crippen LogP contribution in [0.5, 0.6) is 0 Å². The van der Waals surface area contributed by atoms with E-state index in [9.17, 15) is 4.79 Å². The van der Waals surface area contributed by atoms with Crippen LogP contribution in [-0.4, -0.2) is 55.9 Å². The van der Waals surface area contributed by atoms with Gasteiger partial charge < -0.3 is 9.80 Å². The van der Waals surface area contributed by atoms with Gasteiger partial charge >= 0.3 is 0 Å². The van der Waals surface area contributed by atoms with Crippen LogP contribution in [0.2, 0.25) is 0 Å². The molecule has 0 aliphatic heterocycles. The molecule has 2 aliphatic carbocycles. The summed E-state index contributed by atoms with van der Waals surface area (Å²) >= 11 is 0. The fraction of sp³-hybridized carbons (Fsp3) is 0.842. The Labute approximate surface area is 136 Å². The van der Waals surface area contributed by atoms with E-state index < -0.39 is 0 Å². The Morgan fingerprint density at radius 3 is 1.68 bits per heavy atom. The Morgan fingerprint density at radius 1 is 0.773 bits per heavy atom. The zero-order chi connectivity index (χ0) is 16.1. The average molecular weight is 306 g/mol. The molecule has 0 amide bonds. The van der Waals surface area contributed by atoms with E-state index in [0.717, 1.165) is 18.9 Å². The second-order valence-electron chi connectivity index (χ2n) is 7.76. The molecule has 3 nitrogen and oxygen atoms in total. The van der Waals surface area contributed by atoms with Gasteiger partial charge in [0.15, 0.2) is 5.78 Å². The smallest absolute Gasteiger partial charge is 0.158 e. The van der Waals surface area contributed by atoms with E-state index in [1.54, 1.807) is 0 Å². The van der Waals surface area contributed by atoms with Crippen molar-refractivity contribution in [3.8, 4) is 0 Å². The lowest BCUT2D eigenvalue weighted by molar-refractivity contribution is -0.119. The summed E-state index contributed by atoms with van der Waals surface area (Å²) in [6.45, 7) is 0. The van der Waals surface area contributed by atoms with Crippen molar-refractivity contribution in [3.05, 3.63) is 12.2 Å². The molecule has 0 heterocycles. The van der Waals surface area contributed by atoms with E-state index in [-0.39, 0.29) is 5.92 Å². The number of ketones is 1. The maximum absolute atomic E-state index is 12.4. The summed E-state index contributed by atoms with van der Waals surface area (Å²) < 4.78 is 0.